The van der Waals surface area contributed by atoms with Crippen LogP contribution in [0.25, 0.3) is 11.8 Å². The van der Waals surface area contributed by atoms with Crippen molar-refractivity contribution in [1.82, 2.24) is 19.4 Å². The van der Waals surface area contributed by atoms with Gasteiger partial charge in [0.2, 0.25) is 5.91 Å². The lowest BCUT2D eigenvalue weighted by molar-refractivity contribution is -0.127. The Labute approximate surface area is 197 Å². The Morgan fingerprint density at radius 2 is 1.82 bits per heavy atom. The Kier molecular flexibility index (Phi) is 7.40. The minimum Gasteiger partial charge on any atom is -0.339 e. The van der Waals surface area contributed by atoms with Crippen LogP contribution in [0.2, 0.25) is 0 Å². The van der Waals surface area contributed by atoms with E-state index in [-0.39, 0.29) is 5.91 Å². The van der Waals surface area contributed by atoms with E-state index in [9.17, 15) is 4.79 Å². The molecule has 5 heteroatoms. The maximum atomic E-state index is 12.9. The predicted octanol–water partition coefficient (Wildman–Crippen LogP) is 4.67. The van der Waals surface area contributed by atoms with Crippen molar-refractivity contribution in [1.29, 1.82) is 0 Å². The summed E-state index contributed by atoms with van der Waals surface area (Å²) in [5.74, 6) is 0.0754. The standard InChI is InChI=1S/C28H34N4O/c1-22-21-24(23(2)32(22)27-10-5-4-6-11-27)12-13-28(33)30(3)26-15-19-31(20-16-26)18-14-25-9-7-8-17-29-25/h4-13,17,21,26H,14-16,18-20H2,1-3H3/b13-12+. The molecule has 3 aromatic rings. The third kappa shape index (κ3) is 5.60. The number of likely N-dealkylation sites (N-methyl/N-ethyl adjacent to an activating group) is 1. The summed E-state index contributed by atoms with van der Waals surface area (Å²) in [5, 5.41) is 0. The molecule has 1 fully saturated rings. The molecule has 1 saturated heterocycles. The molecule has 0 N–H and O–H groups in total. The predicted molar refractivity (Wildman–Crippen MR) is 134 cm³/mol. The van der Waals surface area contributed by atoms with Gasteiger partial charge < -0.3 is 14.4 Å². The Morgan fingerprint density at radius 3 is 2.52 bits per heavy atom. The third-order valence-electron chi connectivity index (χ3n) is 6.75. The molecule has 1 aliphatic rings. The van der Waals surface area contributed by atoms with Gasteiger partial charge in [0.05, 0.1) is 0 Å². The van der Waals surface area contributed by atoms with Gasteiger partial charge in [-0.2, -0.15) is 0 Å². The molecule has 0 spiro atoms. The fourth-order valence-electron chi connectivity index (χ4n) is 4.74. The fourth-order valence-corrected chi connectivity index (χ4v) is 4.74. The van der Waals surface area contributed by atoms with E-state index in [1.165, 1.54) is 0 Å². The maximum absolute atomic E-state index is 12.9. The van der Waals surface area contributed by atoms with Crippen LogP contribution in [0, 0.1) is 13.8 Å². The van der Waals surface area contributed by atoms with Gasteiger partial charge in [-0.25, -0.2) is 0 Å². The van der Waals surface area contributed by atoms with E-state index >= 15 is 0 Å². The number of aromatic nitrogens is 2. The summed E-state index contributed by atoms with van der Waals surface area (Å²) >= 11 is 0. The molecule has 0 aliphatic carbocycles. The molecular formula is C28H34N4O. The molecule has 0 radical (unpaired) electrons. The molecule has 3 heterocycles. The van der Waals surface area contributed by atoms with Crippen molar-refractivity contribution < 1.29 is 4.79 Å². The maximum Gasteiger partial charge on any atom is 0.246 e. The van der Waals surface area contributed by atoms with E-state index in [1.807, 2.05) is 54.6 Å². The first-order valence-corrected chi connectivity index (χ1v) is 11.8. The van der Waals surface area contributed by atoms with E-state index in [0.29, 0.717) is 6.04 Å². The number of rotatable bonds is 7. The number of amides is 1. The lowest BCUT2D eigenvalue weighted by Crippen LogP contribution is -2.45. The first kappa shape index (κ1) is 23.0. The van der Waals surface area contributed by atoms with E-state index < -0.39 is 0 Å². The van der Waals surface area contributed by atoms with Gasteiger partial charge in [-0.05, 0) is 68.7 Å². The first-order valence-electron chi connectivity index (χ1n) is 11.8. The van der Waals surface area contributed by atoms with Gasteiger partial charge in [0.1, 0.15) is 0 Å². The highest BCUT2D eigenvalue weighted by atomic mass is 16.2. The van der Waals surface area contributed by atoms with Crippen LogP contribution in [-0.4, -0.2) is 58.0 Å². The van der Waals surface area contributed by atoms with Crippen LogP contribution in [0.5, 0.6) is 0 Å². The van der Waals surface area contributed by atoms with Gasteiger partial charge >= 0.3 is 0 Å². The van der Waals surface area contributed by atoms with E-state index in [1.54, 1.807) is 6.08 Å². The lowest BCUT2D eigenvalue weighted by atomic mass is 10.0. The second kappa shape index (κ2) is 10.6. The van der Waals surface area contributed by atoms with Gasteiger partial charge in [0, 0.05) is 74.2 Å². The van der Waals surface area contributed by atoms with Gasteiger partial charge in [-0.15, -0.1) is 0 Å². The van der Waals surface area contributed by atoms with E-state index in [4.69, 9.17) is 0 Å². The lowest BCUT2D eigenvalue weighted by Gasteiger charge is -2.36. The molecule has 33 heavy (non-hydrogen) atoms. The summed E-state index contributed by atoms with van der Waals surface area (Å²) in [5.41, 5.74) is 5.68. The zero-order chi connectivity index (χ0) is 23.2. The number of hydrogen-bond donors (Lipinski definition) is 0. The Morgan fingerprint density at radius 1 is 1.09 bits per heavy atom. The Balaban J connectivity index is 1.31. The molecular weight excluding hydrogens is 408 g/mol. The minimum atomic E-state index is 0.0754. The Bertz CT molecular complexity index is 1080. The summed E-state index contributed by atoms with van der Waals surface area (Å²) in [7, 11) is 1.94. The van der Waals surface area contributed by atoms with Gasteiger partial charge in [-0.3, -0.25) is 9.78 Å². The topological polar surface area (TPSA) is 41.4 Å². The largest absolute Gasteiger partial charge is 0.339 e. The summed E-state index contributed by atoms with van der Waals surface area (Å²) in [6.45, 7) is 7.29. The highest BCUT2D eigenvalue weighted by Crippen LogP contribution is 2.22. The number of hydrogen-bond acceptors (Lipinski definition) is 3. The molecule has 2 aromatic heterocycles. The van der Waals surface area contributed by atoms with Gasteiger partial charge in [0.25, 0.3) is 0 Å². The molecule has 0 unspecified atom stereocenters. The highest BCUT2D eigenvalue weighted by molar-refractivity contribution is 5.92. The van der Waals surface area contributed by atoms with Crippen LogP contribution in [0.4, 0.5) is 0 Å². The number of piperidine rings is 1. The van der Waals surface area contributed by atoms with Crippen molar-refractivity contribution in [2.75, 3.05) is 26.7 Å². The second-order valence-corrected chi connectivity index (χ2v) is 8.92. The zero-order valence-electron chi connectivity index (χ0n) is 19.9. The van der Waals surface area contributed by atoms with Crippen LogP contribution < -0.4 is 0 Å². The number of likely N-dealkylation sites (tertiary alicyclic amines) is 1. The fraction of sp³-hybridized carbons (Fsp3) is 0.357. The summed E-state index contributed by atoms with van der Waals surface area (Å²) in [6.07, 6.45) is 8.55. The summed E-state index contributed by atoms with van der Waals surface area (Å²) in [4.78, 5) is 21.7. The van der Waals surface area contributed by atoms with Crippen molar-refractivity contribution >= 4 is 12.0 Å². The van der Waals surface area contributed by atoms with Crippen LogP contribution in [0.1, 0.15) is 35.5 Å². The molecule has 1 amide bonds. The SMILES string of the molecule is Cc1cc(/C=C/C(=O)N(C)C2CCN(CCc3ccccn3)CC2)c(C)n1-c1ccccc1. The summed E-state index contributed by atoms with van der Waals surface area (Å²) in [6, 6.07) is 18.9. The molecule has 1 aromatic carbocycles. The molecule has 0 bridgehead atoms. The number of benzene rings is 1. The molecule has 0 atom stereocenters. The normalized spacial score (nSPS) is 15.2. The number of aryl methyl sites for hydroxylation is 1. The number of pyridine rings is 1. The van der Waals surface area contributed by atoms with E-state index in [2.05, 4.69) is 52.6 Å². The van der Waals surface area contributed by atoms with Crippen molar-refractivity contribution in [3.05, 3.63) is 89.5 Å². The first-order chi connectivity index (χ1) is 16.0. The quantitative estimate of drug-likeness (QED) is 0.500. The van der Waals surface area contributed by atoms with Crippen LogP contribution in [0.3, 0.4) is 0 Å². The molecule has 1 aliphatic heterocycles. The molecule has 4 rings (SSSR count). The minimum absolute atomic E-state index is 0.0754. The molecule has 5 nitrogen and oxygen atoms in total. The van der Waals surface area contributed by atoms with Gasteiger partial charge in [-0.1, -0.05) is 24.3 Å². The van der Waals surface area contributed by atoms with Crippen LogP contribution in [0.15, 0.2) is 66.9 Å². The number of nitrogens with zero attached hydrogens (tertiary/aromatic N) is 4. The average Bonchev–Trinajstić information content (AvgIpc) is 3.15. The number of para-hydroxylation sites is 1. The van der Waals surface area contributed by atoms with Gasteiger partial charge in [0.15, 0.2) is 0 Å². The third-order valence-corrected chi connectivity index (χ3v) is 6.75. The van der Waals surface area contributed by atoms with Crippen molar-refractivity contribution in [3.63, 3.8) is 0 Å². The van der Waals surface area contributed by atoms with Crippen LogP contribution >= 0.6 is 0 Å². The van der Waals surface area contributed by atoms with Crippen molar-refractivity contribution in [3.8, 4) is 5.69 Å². The average molecular weight is 443 g/mol. The highest BCUT2D eigenvalue weighted by Gasteiger charge is 2.24. The smallest absolute Gasteiger partial charge is 0.246 e. The zero-order valence-corrected chi connectivity index (χ0v) is 19.9. The van der Waals surface area contributed by atoms with Crippen molar-refractivity contribution in [2.45, 2.75) is 39.2 Å². The molecule has 0 saturated carbocycles. The number of carbonyl (C=O) groups is 1. The molecule has 172 valence electrons. The second-order valence-electron chi connectivity index (χ2n) is 8.92. The van der Waals surface area contributed by atoms with Crippen LogP contribution in [-0.2, 0) is 11.2 Å². The monoisotopic (exact) mass is 442 g/mol. The van der Waals surface area contributed by atoms with E-state index in [0.717, 1.165) is 67.2 Å². The Hall–Kier alpha value is -3.18. The number of carbonyl (C=O) groups excluding carboxylic acids is 1. The summed E-state index contributed by atoms with van der Waals surface area (Å²) < 4.78 is 2.23. The van der Waals surface area contributed by atoms with Crippen molar-refractivity contribution in [2.24, 2.45) is 0 Å².